The first-order chi connectivity index (χ1) is 15.3. The number of fused-ring (bicyclic) bond motifs is 1. The lowest BCUT2D eigenvalue weighted by Gasteiger charge is -2.41. The Hall–Kier alpha value is -2.08. The van der Waals surface area contributed by atoms with Crippen LogP contribution in [0.5, 0.6) is 5.75 Å². The lowest BCUT2D eigenvalue weighted by molar-refractivity contribution is -0.184. The highest BCUT2D eigenvalue weighted by Crippen LogP contribution is 2.39. The molecule has 2 aromatic carbocycles. The van der Waals surface area contributed by atoms with Crippen molar-refractivity contribution in [3.63, 3.8) is 0 Å². The number of nitrogens with zero attached hydrogens (tertiary/aromatic N) is 1. The van der Waals surface area contributed by atoms with Gasteiger partial charge in [0.2, 0.25) is 0 Å². The first kappa shape index (κ1) is 24.6. The highest BCUT2D eigenvalue weighted by Gasteiger charge is 2.42. The second-order valence-corrected chi connectivity index (χ2v) is 8.72. The maximum Gasteiger partial charge on any atom is 0.391 e. The zero-order valence-corrected chi connectivity index (χ0v) is 19.3. The van der Waals surface area contributed by atoms with E-state index in [-0.39, 0.29) is 24.8 Å². The van der Waals surface area contributed by atoms with Crippen molar-refractivity contribution in [2.24, 2.45) is 11.8 Å². The summed E-state index contributed by atoms with van der Waals surface area (Å²) in [5, 5.41) is 11.0. The van der Waals surface area contributed by atoms with Gasteiger partial charge >= 0.3 is 6.18 Å². The molecule has 1 saturated heterocycles. The highest BCUT2D eigenvalue weighted by molar-refractivity contribution is 6.03. The van der Waals surface area contributed by atoms with E-state index in [1.807, 2.05) is 44.2 Å². The van der Waals surface area contributed by atoms with Crippen LogP contribution in [0.4, 0.5) is 13.2 Å². The molecule has 0 bridgehead atoms. The minimum Gasteiger partial charge on any atom is -0.497 e. The van der Waals surface area contributed by atoms with Crippen LogP contribution >= 0.6 is 0 Å². The molecule has 1 atom stereocenters. The van der Waals surface area contributed by atoms with Gasteiger partial charge in [-0.25, -0.2) is 0 Å². The van der Waals surface area contributed by atoms with E-state index in [2.05, 4.69) is 11.0 Å². The predicted molar refractivity (Wildman–Crippen MR) is 125 cm³/mol. The van der Waals surface area contributed by atoms with Gasteiger partial charge in [-0.05, 0) is 79.6 Å². The molecule has 0 amide bonds. The minimum absolute atomic E-state index is 0.134. The zero-order chi connectivity index (χ0) is 23.3. The van der Waals surface area contributed by atoms with Gasteiger partial charge in [-0.1, -0.05) is 32.0 Å². The molecule has 1 heterocycles. The number of benzene rings is 2. The Balaban J connectivity index is 0.00000141. The Morgan fingerprint density at radius 1 is 0.969 bits per heavy atom. The van der Waals surface area contributed by atoms with Crippen molar-refractivity contribution in [3.05, 3.63) is 42.0 Å². The van der Waals surface area contributed by atoms with Gasteiger partial charge in [-0.2, -0.15) is 13.2 Å². The fourth-order valence-corrected chi connectivity index (χ4v) is 5.10. The lowest BCUT2D eigenvalue weighted by Crippen LogP contribution is -2.46. The van der Waals surface area contributed by atoms with Gasteiger partial charge in [0, 0.05) is 24.2 Å². The van der Waals surface area contributed by atoms with Crippen LogP contribution in [0.2, 0.25) is 0 Å². The second-order valence-electron chi connectivity index (χ2n) is 8.72. The molecular formula is C26H35F3N2O. The normalized spacial score (nSPS) is 24.5. The molecule has 4 rings (SSSR count). The molecule has 6 heteroatoms. The number of rotatable bonds is 4. The maximum absolute atomic E-state index is 13.0. The van der Waals surface area contributed by atoms with Gasteiger partial charge in [-0.3, -0.25) is 4.90 Å². The summed E-state index contributed by atoms with van der Waals surface area (Å²) in [6, 6.07) is 12.2. The molecule has 2 fully saturated rings. The standard InChI is InChI=1S/C24H29F3N2O.C2H6/c1-30-22-11-6-16-13-18(5-4-17(16)14-22)23(28)19-3-2-12-29(15-19)21-9-7-20(8-10-21)24(25,26)27;1-2/h4-6,11,13-14,19-21,28H,2-3,7-10,12,15H2,1H3;1-2H3. The van der Waals surface area contributed by atoms with Gasteiger partial charge in [-0.15, -0.1) is 0 Å². The molecular weight excluding hydrogens is 413 g/mol. The third-order valence-corrected chi connectivity index (χ3v) is 6.90. The van der Waals surface area contributed by atoms with Gasteiger partial charge in [0.05, 0.1) is 13.0 Å². The Bertz CT molecular complexity index is 904. The van der Waals surface area contributed by atoms with Crippen LogP contribution in [0, 0.1) is 17.2 Å². The summed E-state index contributed by atoms with van der Waals surface area (Å²) in [5.74, 6) is -0.188. The molecule has 176 valence electrons. The van der Waals surface area contributed by atoms with Crippen LogP contribution < -0.4 is 4.74 Å². The van der Waals surface area contributed by atoms with Crippen molar-refractivity contribution in [1.29, 1.82) is 5.41 Å². The number of hydrogen-bond donors (Lipinski definition) is 1. The molecule has 1 aliphatic heterocycles. The smallest absolute Gasteiger partial charge is 0.391 e. The molecule has 3 nitrogen and oxygen atoms in total. The van der Waals surface area contributed by atoms with Gasteiger partial charge in [0.1, 0.15) is 5.75 Å². The molecule has 0 radical (unpaired) electrons. The van der Waals surface area contributed by atoms with Crippen LogP contribution in [0.15, 0.2) is 36.4 Å². The van der Waals surface area contributed by atoms with Crippen molar-refractivity contribution < 1.29 is 17.9 Å². The first-order valence-electron chi connectivity index (χ1n) is 11.8. The van der Waals surface area contributed by atoms with E-state index < -0.39 is 12.1 Å². The molecule has 0 aromatic heterocycles. The van der Waals surface area contributed by atoms with Crippen molar-refractivity contribution in [2.45, 2.75) is 64.6 Å². The largest absolute Gasteiger partial charge is 0.497 e. The molecule has 32 heavy (non-hydrogen) atoms. The number of piperidine rings is 1. The van der Waals surface area contributed by atoms with E-state index in [0.29, 0.717) is 18.6 Å². The van der Waals surface area contributed by atoms with Crippen LogP contribution in [0.1, 0.15) is 57.9 Å². The molecule has 1 N–H and O–H groups in total. The number of halogens is 3. The fraction of sp³-hybridized carbons (Fsp3) is 0.577. The summed E-state index contributed by atoms with van der Waals surface area (Å²) in [6.07, 6.45) is -0.394. The summed E-state index contributed by atoms with van der Waals surface area (Å²) in [5.41, 5.74) is 1.57. The number of methoxy groups -OCH3 is 1. The average Bonchev–Trinajstić information content (AvgIpc) is 2.83. The average molecular weight is 449 g/mol. The lowest BCUT2D eigenvalue weighted by atomic mass is 9.82. The fourth-order valence-electron chi connectivity index (χ4n) is 5.10. The Morgan fingerprint density at radius 2 is 1.62 bits per heavy atom. The molecule has 1 aliphatic carbocycles. The summed E-state index contributed by atoms with van der Waals surface area (Å²) < 4.78 is 44.2. The van der Waals surface area contributed by atoms with E-state index in [1.54, 1.807) is 7.11 Å². The molecule has 2 aliphatic rings. The molecule has 2 aromatic rings. The number of ether oxygens (including phenoxy) is 1. The van der Waals surface area contributed by atoms with Gasteiger partial charge in [0.15, 0.2) is 0 Å². The summed E-state index contributed by atoms with van der Waals surface area (Å²) in [4.78, 5) is 2.35. The van der Waals surface area contributed by atoms with Crippen LogP contribution in [-0.4, -0.2) is 43.0 Å². The van der Waals surface area contributed by atoms with Crippen LogP contribution in [-0.2, 0) is 0 Å². The number of likely N-dealkylation sites (tertiary alicyclic amines) is 1. The van der Waals surface area contributed by atoms with Crippen molar-refractivity contribution in [3.8, 4) is 5.75 Å². The minimum atomic E-state index is -4.06. The van der Waals surface area contributed by atoms with Crippen LogP contribution in [0.3, 0.4) is 0 Å². The maximum atomic E-state index is 13.0. The summed E-state index contributed by atoms with van der Waals surface area (Å²) in [7, 11) is 1.65. The highest BCUT2D eigenvalue weighted by atomic mass is 19.4. The molecule has 1 unspecified atom stereocenters. The Kier molecular flexibility index (Phi) is 8.21. The number of alkyl halides is 3. The zero-order valence-electron chi connectivity index (χ0n) is 19.3. The predicted octanol–water partition coefficient (Wildman–Crippen LogP) is 7.08. The SMILES string of the molecule is CC.COc1ccc2cc(C(=N)C3CCCN(C4CCC(C(F)(F)F)CC4)C3)ccc2c1. The van der Waals surface area contributed by atoms with Crippen molar-refractivity contribution >= 4 is 16.5 Å². The second kappa shape index (κ2) is 10.7. The quantitative estimate of drug-likeness (QED) is 0.508. The van der Waals surface area contributed by atoms with E-state index in [0.717, 1.165) is 48.0 Å². The summed E-state index contributed by atoms with van der Waals surface area (Å²) >= 11 is 0. The summed E-state index contributed by atoms with van der Waals surface area (Å²) in [6.45, 7) is 5.71. The van der Waals surface area contributed by atoms with Crippen molar-refractivity contribution in [2.75, 3.05) is 20.2 Å². The first-order valence-corrected chi connectivity index (χ1v) is 11.8. The number of hydrogen-bond acceptors (Lipinski definition) is 3. The van der Waals surface area contributed by atoms with Gasteiger partial charge in [0.25, 0.3) is 0 Å². The van der Waals surface area contributed by atoms with Gasteiger partial charge < -0.3 is 10.1 Å². The topological polar surface area (TPSA) is 36.3 Å². The van der Waals surface area contributed by atoms with Crippen molar-refractivity contribution in [1.82, 2.24) is 4.90 Å². The Labute approximate surface area is 189 Å². The third-order valence-electron chi connectivity index (χ3n) is 6.90. The third kappa shape index (κ3) is 5.64. The van der Waals surface area contributed by atoms with E-state index in [9.17, 15) is 13.2 Å². The Morgan fingerprint density at radius 3 is 2.28 bits per heavy atom. The monoisotopic (exact) mass is 448 g/mol. The van der Waals surface area contributed by atoms with Crippen LogP contribution in [0.25, 0.3) is 10.8 Å². The van der Waals surface area contributed by atoms with E-state index in [4.69, 9.17) is 10.1 Å². The molecule has 1 saturated carbocycles. The van der Waals surface area contributed by atoms with E-state index >= 15 is 0 Å². The number of nitrogens with one attached hydrogen (secondary N) is 1. The van der Waals surface area contributed by atoms with E-state index in [1.165, 1.54) is 0 Å². The molecule has 0 spiro atoms.